The Morgan fingerprint density at radius 1 is 0.823 bits per heavy atom. The molecule has 4 heterocycles. The van der Waals surface area contributed by atoms with Gasteiger partial charge in [0.25, 0.3) is 0 Å². The number of benzene rings is 4. The van der Waals surface area contributed by atoms with E-state index in [2.05, 4.69) is 41.8 Å². The number of hydrogen-bond donors (Lipinski definition) is 0. The van der Waals surface area contributed by atoms with Gasteiger partial charge < -0.3 is 14.2 Å². The minimum atomic E-state index is -0.556. The van der Waals surface area contributed by atoms with Gasteiger partial charge in [-0.15, -0.1) is 0 Å². The van der Waals surface area contributed by atoms with Crippen molar-refractivity contribution < 1.29 is 27.8 Å². The summed E-state index contributed by atoms with van der Waals surface area (Å²) < 4.78 is 48.5. The van der Waals surface area contributed by atoms with E-state index in [1.807, 2.05) is 92.3 Å². The fraction of sp³-hybridized carbons (Fsp3) is 0.277. The summed E-state index contributed by atoms with van der Waals surface area (Å²) in [6.45, 7) is 5.98. The lowest BCUT2D eigenvalue weighted by Gasteiger charge is -2.22. The van der Waals surface area contributed by atoms with Crippen molar-refractivity contribution in [3.63, 3.8) is 0 Å². The minimum Gasteiger partial charge on any atom is -0.357 e. The summed E-state index contributed by atoms with van der Waals surface area (Å²) in [5.41, 5.74) is 5.22. The number of ether oxygens (including phenoxy) is 3. The summed E-state index contributed by atoms with van der Waals surface area (Å²) in [7, 11) is 3.85. The zero-order valence-electron chi connectivity index (χ0n) is 34.6. The van der Waals surface area contributed by atoms with Crippen LogP contribution >= 0.6 is 55.1 Å². The molecule has 3 aromatic heterocycles. The molecule has 1 fully saturated rings. The SMILES string of the molecule is CCOC(OCC)N(C)C.Fc1ccc(Cl)cc1-c1nn(C2CCCCO2)cc1-c1ccc2ncc(Br)cc2c1.O=C(Cc1ccc2ncc(Br)cc2c1)c1cc(Cl)ccc1F. The molecule has 0 amide bonds. The second kappa shape index (κ2) is 22.4. The molecule has 1 aliphatic heterocycles. The van der Waals surface area contributed by atoms with Gasteiger partial charge in [0.2, 0.25) is 6.41 Å². The monoisotopic (exact) mass is 1010 g/mol. The first-order chi connectivity index (χ1) is 29.8. The molecule has 15 heteroatoms. The lowest BCUT2D eigenvalue weighted by atomic mass is 10.00. The number of hydrogen-bond acceptors (Lipinski definition) is 8. The predicted molar refractivity (Wildman–Crippen MR) is 250 cm³/mol. The Bertz CT molecular complexity index is 2640. The third kappa shape index (κ3) is 12.5. The fourth-order valence-corrected chi connectivity index (χ4v) is 7.76. The molecule has 0 saturated carbocycles. The van der Waals surface area contributed by atoms with Crippen LogP contribution in [0.1, 0.15) is 55.3 Å². The van der Waals surface area contributed by atoms with Crippen LogP contribution < -0.4 is 0 Å². The van der Waals surface area contributed by atoms with Gasteiger partial charge in [-0.25, -0.2) is 13.5 Å². The number of aromatic nitrogens is 4. The average Bonchev–Trinajstić information content (AvgIpc) is 3.71. The second-order valence-electron chi connectivity index (χ2n) is 14.5. The molecule has 0 bridgehead atoms. The van der Waals surface area contributed by atoms with Crippen molar-refractivity contribution >= 4 is 82.7 Å². The van der Waals surface area contributed by atoms with Crippen LogP contribution in [0.2, 0.25) is 10.0 Å². The fourth-order valence-electron chi connectivity index (χ4n) is 6.72. The van der Waals surface area contributed by atoms with Gasteiger partial charge >= 0.3 is 0 Å². The van der Waals surface area contributed by atoms with Gasteiger partial charge in [0, 0.05) is 85.7 Å². The van der Waals surface area contributed by atoms with Crippen molar-refractivity contribution in [1.29, 1.82) is 0 Å². The van der Waals surface area contributed by atoms with Gasteiger partial charge in [-0.3, -0.25) is 19.7 Å². The Balaban J connectivity index is 0.000000176. The molecule has 0 aliphatic carbocycles. The van der Waals surface area contributed by atoms with Gasteiger partial charge in [-0.2, -0.15) is 5.10 Å². The second-order valence-corrected chi connectivity index (χ2v) is 17.2. The Labute approximate surface area is 386 Å². The van der Waals surface area contributed by atoms with Crippen LogP contribution in [0.4, 0.5) is 8.78 Å². The van der Waals surface area contributed by atoms with Gasteiger partial charge in [-0.05, 0) is 163 Å². The molecule has 7 aromatic rings. The van der Waals surface area contributed by atoms with E-state index < -0.39 is 5.82 Å². The Hall–Kier alpha value is -4.18. The van der Waals surface area contributed by atoms with Crippen LogP contribution in [0.15, 0.2) is 112 Å². The highest BCUT2D eigenvalue weighted by Crippen LogP contribution is 2.37. The summed E-state index contributed by atoms with van der Waals surface area (Å²) in [5.74, 6) is -1.22. The maximum Gasteiger partial charge on any atom is 0.218 e. The van der Waals surface area contributed by atoms with Gasteiger partial charge in [-0.1, -0.05) is 35.3 Å². The molecule has 4 aromatic carbocycles. The van der Waals surface area contributed by atoms with E-state index in [0.717, 1.165) is 66.7 Å². The van der Waals surface area contributed by atoms with Crippen LogP contribution in [0.25, 0.3) is 44.2 Å². The smallest absolute Gasteiger partial charge is 0.218 e. The highest BCUT2D eigenvalue weighted by Gasteiger charge is 2.23. The highest BCUT2D eigenvalue weighted by atomic mass is 79.9. The molecule has 1 saturated heterocycles. The van der Waals surface area contributed by atoms with E-state index in [9.17, 15) is 13.6 Å². The first-order valence-electron chi connectivity index (χ1n) is 20.0. The zero-order chi connectivity index (χ0) is 44.3. The van der Waals surface area contributed by atoms with Crippen molar-refractivity contribution in [3.05, 3.63) is 145 Å². The molecule has 0 spiro atoms. The predicted octanol–water partition coefficient (Wildman–Crippen LogP) is 13.1. The molecule has 1 unspecified atom stereocenters. The van der Waals surface area contributed by atoms with Crippen LogP contribution in [-0.2, 0) is 20.6 Å². The number of carbonyl (C=O) groups is 1. The quantitative estimate of drug-likeness (QED) is 0.0935. The number of pyridine rings is 2. The van der Waals surface area contributed by atoms with Crippen LogP contribution in [0.5, 0.6) is 0 Å². The van der Waals surface area contributed by atoms with Crippen LogP contribution in [-0.4, -0.2) is 70.8 Å². The van der Waals surface area contributed by atoms with Crippen LogP contribution in [0.3, 0.4) is 0 Å². The van der Waals surface area contributed by atoms with Gasteiger partial charge in [0.05, 0.1) is 16.6 Å². The van der Waals surface area contributed by atoms with Crippen LogP contribution in [0, 0.1) is 11.6 Å². The Morgan fingerprint density at radius 2 is 1.45 bits per heavy atom. The number of rotatable bonds is 11. The van der Waals surface area contributed by atoms with Crippen molar-refractivity contribution in [2.45, 2.75) is 52.2 Å². The first-order valence-corrected chi connectivity index (χ1v) is 22.3. The molecule has 1 aliphatic rings. The normalized spacial score (nSPS) is 13.8. The van der Waals surface area contributed by atoms with Crippen molar-refractivity contribution in [2.75, 3.05) is 33.9 Å². The summed E-state index contributed by atoms with van der Waals surface area (Å²) in [4.78, 5) is 22.9. The molecule has 62 heavy (non-hydrogen) atoms. The van der Waals surface area contributed by atoms with Crippen molar-refractivity contribution in [1.82, 2.24) is 24.6 Å². The number of fused-ring (bicyclic) bond motifs is 2. The zero-order valence-corrected chi connectivity index (χ0v) is 39.2. The highest BCUT2D eigenvalue weighted by molar-refractivity contribution is 9.10. The Morgan fingerprint density at radius 3 is 2.08 bits per heavy atom. The summed E-state index contributed by atoms with van der Waals surface area (Å²) in [6, 6.07) is 24.0. The maximum absolute atomic E-state index is 14.8. The molecule has 8 rings (SSSR count). The molecule has 9 nitrogen and oxygen atoms in total. The summed E-state index contributed by atoms with van der Waals surface area (Å²) in [5, 5.41) is 7.47. The Kier molecular flexibility index (Phi) is 17.1. The third-order valence-corrected chi connectivity index (χ3v) is 11.0. The van der Waals surface area contributed by atoms with Gasteiger partial charge in [0.15, 0.2) is 5.78 Å². The lowest BCUT2D eigenvalue weighted by Crippen LogP contribution is -2.33. The third-order valence-electron chi connectivity index (χ3n) is 9.67. The molecule has 1 atom stereocenters. The number of ketones is 1. The van der Waals surface area contributed by atoms with E-state index in [-0.39, 0.29) is 36.2 Å². The average molecular weight is 1010 g/mol. The molecule has 324 valence electrons. The molecular formula is C47H45Br2Cl2F2N5O4. The van der Waals surface area contributed by atoms with E-state index in [1.165, 1.54) is 24.3 Å². The summed E-state index contributed by atoms with van der Waals surface area (Å²) >= 11 is 18.9. The van der Waals surface area contributed by atoms with E-state index in [1.54, 1.807) is 24.5 Å². The van der Waals surface area contributed by atoms with Gasteiger partial charge in [0.1, 0.15) is 23.6 Å². The molecular weight excluding hydrogens is 967 g/mol. The number of carbonyl (C=O) groups excluding carboxylic acids is 1. The maximum atomic E-state index is 14.8. The van der Waals surface area contributed by atoms with Crippen molar-refractivity contribution in [3.8, 4) is 22.4 Å². The summed E-state index contributed by atoms with van der Waals surface area (Å²) in [6.07, 6.45) is 8.22. The number of halogens is 6. The lowest BCUT2D eigenvalue weighted by molar-refractivity contribution is -0.206. The number of nitrogens with zero attached hydrogens (tertiary/aromatic N) is 5. The minimum absolute atomic E-state index is 0.0139. The molecule has 0 radical (unpaired) electrons. The molecule has 0 N–H and O–H groups in total. The first kappa shape index (κ1) is 47.3. The van der Waals surface area contributed by atoms with Crippen molar-refractivity contribution in [2.24, 2.45) is 0 Å². The number of Topliss-reactive ketones (excluding diaryl/α,β-unsaturated/α-hetero) is 1. The standard InChI is InChI=1S/C23H18BrClFN3O.C17H10BrClFNO.C7H17NO2/c24-16-10-15-9-14(4-7-21(15)27-12-16)19-13-29(22-3-1-2-8-30-22)28-23(19)18-11-17(25)5-6-20(18)26;18-12-7-11-5-10(1-4-16(11)21-9-12)6-17(22)14-8-13(19)2-3-15(14)20;1-5-9-7(8(3)4)10-6-2/h4-7,9-13,22H,1-3,8H2;1-5,7-9H,6H2;7H,5-6H2,1-4H3. The van der Waals surface area contributed by atoms with E-state index >= 15 is 0 Å². The largest absolute Gasteiger partial charge is 0.357 e. The van der Waals surface area contributed by atoms with E-state index in [4.69, 9.17) is 42.5 Å². The topological polar surface area (TPSA) is 91.6 Å². The van der Waals surface area contributed by atoms with E-state index in [0.29, 0.717) is 41.1 Å².